The van der Waals surface area contributed by atoms with Gasteiger partial charge in [0, 0.05) is 6.42 Å². The van der Waals surface area contributed by atoms with E-state index in [9.17, 15) is 0 Å². The number of aliphatic hydroxyl groups is 3. The van der Waals surface area contributed by atoms with Crippen LogP contribution in [0.5, 0.6) is 0 Å². The molecule has 0 aromatic carbocycles. The van der Waals surface area contributed by atoms with E-state index in [1.165, 1.54) is 0 Å². The largest absolute Gasteiger partial charge is 0.390 e. The fourth-order valence-corrected chi connectivity index (χ4v) is 0.957. The van der Waals surface area contributed by atoms with Crippen LogP contribution in [-0.2, 0) is 4.74 Å². The Morgan fingerprint density at radius 3 is 2.30 bits per heavy atom. The maximum absolute atomic E-state index is 9.07. The molecule has 0 aromatic heterocycles. The first-order valence-corrected chi connectivity index (χ1v) is 3.31. The highest BCUT2D eigenvalue weighted by atomic mass is 16.6. The number of ether oxygens (including phenoxy) is 1. The minimum atomic E-state index is -1.14. The second-order valence-corrected chi connectivity index (χ2v) is 2.60. The van der Waals surface area contributed by atoms with Crippen LogP contribution in [0.15, 0.2) is 0 Å². The van der Waals surface area contributed by atoms with Gasteiger partial charge >= 0.3 is 0 Å². The molecular weight excluding hydrogens is 136 g/mol. The van der Waals surface area contributed by atoms with Crippen molar-refractivity contribution in [2.24, 2.45) is 0 Å². The Morgan fingerprint density at radius 1 is 1.20 bits per heavy atom. The van der Waals surface area contributed by atoms with Crippen LogP contribution < -0.4 is 0 Å². The minimum absolute atomic E-state index is 0.183. The zero-order valence-corrected chi connectivity index (χ0v) is 5.77. The third-order valence-corrected chi connectivity index (χ3v) is 1.71. The molecule has 0 amide bonds. The molecule has 4 heteroatoms. The van der Waals surface area contributed by atoms with Gasteiger partial charge in [-0.05, 0) is 6.92 Å². The first kappa shape index (κ1) is 7.94. The average molecular weight is 148 g/mol. The van der Waals surface area contributed by atoms with E-state index < -0.39 is 24.6 Å². The molecule has 1 aliphatic rings. The molecule has 0 saturated carbocycles. The predicted molar refractivity (Wildman–Crippen MR) is 33.2 cm³/mol. The molecule has 1 saturated heterocycles. The third kappa shape index (κ3) is 1.46. The summed E-state index contributed by atoms with van der Waals surface area (Å²) < 4.78 is 4.77. The van der Waals surface area contributed by atoms with Crippen LogP contribution in [0.3, 0.4) is 0 Å². The van der Waals surface area contributed by atoms with Crippen molar-refractivity contribution >= 4 is 0 Å². The van der Waals surface area contributed by atoms with Gasteiger partial charge in [0.1, 0.15) is 6.10 Å². The highest BCUT2D eigenvalue weighted by Gasteiger charge is 2.32. The second kappa shape index (κ2) is 2.84. The molecule has 4 nitrogen and oxygen atoms in total. The van der Waals surface area contributed by atoms with Gasteiger partial charge in [-0.15, -0.1) is 0 Å². The van der Waals surface area contributed by atoms with Gasteiger partial charge in [-0.3, -0.25) is 0 Å². The lowest BCUT2D eigenvalue weighted by Crippen LogP contribution is -2.45. The molecule has 4 atom stereocenters. The molecule has 2 unspecified atom stereocenters. The standard InChI is InChI=1S/C6H12O4/c1-3-4(7)2-5(8)6(9)10-3/h3-9H,2H2,1H3/t3?,4-,5?,6-/m1/s1. The Labute approximate surface area is 59.1 Å². The number of rotatable bonds is 0. The second-order valence-electron chi connectivity index (χ2n) is 2.60. The summed E-state index contributed by atoms with van der Waals surface area (Å²) in [5.74, 6) is 0. The van der Waals surface area contributed by atoms with Crippen molar-refractivity contribution in [2.75, 3.05) is 0 Å². The lowest BCUT2D eigenvalue weighted by atomic mass is 10.0. The minimum Gasteiger partial charge on any atom is -0.390 e. The van der Waals surface area contributed by atoms with E-state index in [1.54, 1.807) is 6.92 Å². The van der Waals surface area contributed by atoms with Gasteiger partial charge in [0.05, 0.1) is 12.2 Å². The molecule has 0 radical (unpaired) electrons. The van der Waals surface area contributed by atoms with E-state index >= 15 is 0 Å². The van der Waals surface area contributed by atoms with Crippen molar-refractivity contribution in [1.82, 2.24) is 0 Å². The Morgan fingerprint density at radius 2 is 1.80 bits per heavy atom. The summed E-state index contributed by atoms with van der Waals surface area (Å²) in [6.45, 7) is 1.65. The van der Waals surface area contributed by atoms with Crippen molar-refractivity contribution in [1.29, 1.82) is 0 Å². The Hall–Kier alpha value is -0.160. The first-order chi connectivity index (χ1) is 4.61. The molecule has 3 N–H and O–H groups in total. The topological polar surface area (TPSA) is 69.9 Å². The van der Waals surface area contributed by atoms with E-state index in [0.29, 0.717) is 0 Å². The molecule has 10 heavy (non-hydrogen) atoms. The van der Waals surface area contributed by atoms with Gasteiger partial charge in [-0.2, -0.15) is 0 Å². The predicted octanol–water partition coefficient (Wildman–Crippen LogP) is -1.16. The van der Waals surface area contributed by atoms with Gasteiger partial charge in [-0.25, -0.2) is 0 Å². The fraction of sp³-hybridized carbons (Fsp3) is 1.00. The van der Waals surface area contributed by atoms with Gasteiger partial charge < -0.3 is 20.1 Å². The quantitative estimate of drug-likeness (QED) is 0.405. The molecule has 0 spiro atoms. The third-order valence-electron chi connectivity index (χ3n) is 1.71. The van der Waals surface area contributed by atoms with Gasteiger partial charge in [0.15, 0.2) is 6.29 Å². The van der Waals surface area contributed by atoms with Crippen LogP contribution in [-0.4, -0.2) is 39.9 Å². The van der Waals surface area contributed by atoms with Crippen LogP contribution in [0.4, 0.5) is 0 Å². The summed E-state index contributed by atoms with van der Waals surface area (Å²) in [6, 6.07) is 0. The molecule has 0 bridgehead atoms. The van der Waals surface area contributed by atoms with Crippen LogP contribution in [0.25, 0.3) is 0 Å². The maximum Gasteiger partial charge on any atom is 0.181 e. The zero-order chi connectivity index (χ0) is 7.72. The number of hydrogen-bond acceptors (Lipinski definition) is 4. The number of hydrogen-bond donors (Lipinski definition) is 3. The summed E-state index contributed by atoms with van der Waals surface area (Å²) in [6.07, 6.45) is -2.97. The average Bonchev–Trinajstić information content (AvgIpc) is 1.84. The summed E-state index contributed by atoms with van der Waals surface area (Å²) in [4.78, 5) is 0. The summed E-state index contributed by atoms with van der Waals surface area (Å²) in [7, 11) is 0. The molecule has 0 aliphatic carbocycles. The Bertz CT molecular complexity index is 90.3. The molecular formula is C6H12O4. The van der Waals surface area contributed by atoms with Crippen LogP contribution in [0, 0.1) is 0 Å². The van der Waals surface area contributed by atoms with Crippen molar-refractivity contribution in [3.05, 3.63) is 0 Å². The fourth-order valence-electron chi connectivity index (χ4n) is 0.957. The molecule has 1 fully saturated rings. The monoisotopic (exact) mass is 148 g/mol. The zero-order valence-electron chi connectivity index (χ0n) is 5.77. The van der Waals surface area contributed by atoms with E-state index in [1.807, 2.05) is 0 Å². The SMILES string of the molecule is CC1O[C@@H](O)C(O)C[C@H]1O. The van der Waals surface area contributed by atoms with E-state index in [0.717, 1.165) is 0 Å². The summed E-state index contributed by atoms with van der Waals surface area (Å²) in [5, 5.41) is 26.9. The lowest BCUT2D eigenvalue weighted by molar-refractivity contribution is -0.240. The Balaban J connectivity index is 2.46. The van der Waals surface area contributed by atoms with Crippen LogP contribution in [0.1, 0.15) is 13.3 Å². The van der Waals surface area contributed by atoms with Crippen LogP contribution in [0.2, 0.25) is 0 Å². The molecule has 1 aliphatic heterocycles. The molecule has 1 rings (SSSR count). The van der Waals surface area contributed by atoms with Gasteiger partial charge in [0.25, 0.3) is 0 Å². The molecule has 0 aromatic rings. The molecule has 1 heterocycles. The highest BCUT2D eigenvalue weighted by Crippen LogP contribution is 2.17. The van der Waals surface area contributed by atoms with E-state index in [2.05, 4.69) is 0 Å². The van der Waals surface area contributed by atoms with E-state index in [4.69, 9.17) is 20.1 Å². The van der Waals surface area contributed by atoms with Gasteiger partial charge in [-0.1, -0.05) is 0 Å². The van der Waals surface area contributed by atoms with Crippen molar-refractivity contribution < 1.29 is 20.1 Å². The molecule has 60 valence electrons. The normalized spacial score (nSPS) is 49.2. The van der Waals surface area contributed by atoms with Crippen molar-refractivity contribution in [2.45, 2.75) is 37.9 Å². The number of aliphatic hydroxyl groups excluding tert-OH is 3. The van der Waals surface area contributed by atoms with Crippen molar-refractivity contribution in [3.63, 3.8) is 0 Å². The highest BCUT2D eigenvalue weighted by molar-refractivity contribution is 4.76. The van der Waals surface area contributed by atoms with Crippen LogP contribution >= 0.6 is 0 Å². The lowest BCUT2D eigenvalue weighted by Gasteiger charge is -2.32. The summed E-state index contributed by atoms with van der Waals surface area (Å²) in [5.41, 5.74) is 0. The Kier molecular flexibility index (Phi) is 2.25. The maximum atomic E-state index is 9.07. The summed E-state index contributed by atoms with van der Waals surface area (Å²) >= 11 is 0. The van der Waals surface area contributed by atoms with Gasteiger partial charge in [0.2, 0.25) is 0 Å². The van der Waals surface area contributed by atoms with Crippen molar-refractivity contribution in [3.8, 4) is 0 Å². The van der Waals surface area contributed by atoms with E-state index in [-0.39, 0.29) is 6.42 Å². The smallest absolute Gasteiger partial charge is 0.181 e. The first-order valence-electron chi connectivity index (χ1n) is 3.31.